The molecule has 1 aliphatic rings. The molecule has 1 aromatic rings. The van der Waals surface area contributed by atoms with Crippen molar-refractivity contribution in [1.29, 1.82) is 0 Å². The average molecular weight is 275 g/mol. The van der Waals surface area contributed by atoms with Gasteiger partial charge in [0.2, 0.25) is 0 Å². The van der Waals surface area contributed by atoms with Crippen LogP contribution in [0.1, 0.15) is 57.3 Å². The molecule has 0 heterocycles. The first kappa shape index (κ1) is 15.5. The lowest BCUT2D eigenvalue weighted by molar-refractivity contribution is -0.0585. The Labute approximate surface area is 123 Å². The lowest BCUT2D eigenvalue weighted by Crippen LogP contribution is -2.34. The van der Waals surface area contributed by atoms with Crippen LogP contribution in [0.5, 0.6) is 0 Å². The summed E-state index contributed by atoms with van der Waals surface area (Å²) in [4.78, 5) is 0. The van der Waals surface area contributed by atoms with Gasteiger partial charge in [-0.2, -0.15) is 0 Å². The van der Waals surface area contributed by atoms with Gasteiger partial charge in [-0.1, -0.05) is 43.7 Å². The molecule has 0 radical (unpaired) electrons. The van der Waals surface area contributed by atoms with Gasteiger partial charge in [-0.3, -0.25) is 0 Å². The second kappa shape index (κ2) is 6.73. The topological polar surface area (TPSA) is 35.2 Å². The van der Waals surface area contributed by atoms with Crippen LogP contribution >= 0.6 is 0 Å². The summed E-state index contributed by atoms with van der Waals surface area (Å²) in [6, 6.07) is 8.56. The maximum absolute atomic E-state index is 6.41. The molecule has 2 rings (SSSR count). The third-order valence-corrected chi connectivity index (χ3v) is 4.32. The van der Waals surface area contributed by atoms with E-state index in [0.717, 1.165) is 11.8 Å². The third kappa shape index (κ3) is 4.07. The van der Waals surface area contributed by atoms with Gasteiger partial charge in [-0.25, -0.2) is 0 Å². The van der Waals surface area contributed by atoms with Crippen LogP contribution in [0.25, 0.3) is 0 Å². The summed E-state index contributed by atoms with van der Waals surface area (Å²) in [6.45, 7) is 8.83. The van der Waals surface area contributed by atoms with Crippen LogP contribution in [-0.2, 0) is 4.74 Å². The van der Waals surface area contributed by atoms with Gasteiger partial charge in [0.1, 0.15) is 0 Å². The first-order chi connectivity index (χ1) is 9.45. The van der Waals surface area contributed by atoms with Crippen LogP contribution in [0.2, 0.25) is 0 Å². The van der Waals surface area contributed by atoms with Crippen LogP contribution in [0.4, 0.5) is 0 Å². The van der Waals surface area contributed by atoms with Crippen LogP contribution < -0.4 is 5.73 Å². The van der Waals surface area contributed by atoms with Crippen LogP contribution in [-0.4, -0.2) is 12.1 Å². The van der Waals surface area contributed by atoms with E-state index < -0.39 is 0 Å². The molecule has 1 fully saturated rings. The number of rotatable bonds is 4. The molecule has 2 nitrogen and oxygen atoms in total. The molecule has 4 unspecified atom stereocenters. The van der Waals surface area contributed by atoms with E-state index in [2.05, 4.69) is 45.0 Å². The van der Waals surface area contributed by atoms with E-state index in [1.54, 1.807) is 0 Å². The zero-order valence-corrected chi connectivity index (χ0v) is 13.3. The van der Waals surface area contributed by atoms with Crippen molar-refractivity contribution >= 4 is 0 Å². The average Bonchev–Trinajstić information content (AvgIpc) is 2.34. The van der Waals surface area contributed by atoms with Gasteiger partial charge in [-0.05, 0) is 50.5 Å². The van der Waals surface area contributed by atoms with Crippen molar-refractivity contribution in [2.75, 3.05) is 0 Å². The van der Waals surface area contributed by atoms with Crippen LogP contribution in [0, 0.1) is 18.8 Å². The summed E-state index contributed by atoms with van der Waals surface area (Å²) in [7, 11) is 0. The maximum atomic E-state index is 6.41. The molecule has 2 N–H and O–H groups in total. The molecule has 20 heavy (non-hydrogen) atoms. The standard InChI is InChI=1S/C18H29NO/c1-12-6-5-7-16(9-12)18(15(4)19)20-17-10-13(2)8-14(3)11-17/h5-7,9,13-15,17-18H,8,10-11,19H2,1-4H3. The van der Waals surface area contributed by atoms with Crippen molar-refractivity contribution < 1.29 is 4.74 Å². The fraction of sp³-hybridized carbons (Fsp3) is 0.667. The number of benzene rings is 1. The smallest absolute Gasteiger partial charge is 0.0976 e. The Bertz CT molecular complexity index is 419. The minimum Gasteiger partial charge on any atom is -0.369 e. The van der Waals surface area contributed by atoms with Crippen molar-refractivity contribution in [3.63, 3.8) is 0 Å². The lowest BCUT2D eigenvalue weighted by Gasteiger charge is -2.35. The van der Waals surface area contributed by atoms with E-state index in [4.69, 9.17) is 10.5 Å². The Morgan fingerprint density at radius 3 is 2.35 bits per heavy atom. The normalized spacial score (nSPS) is 29.9. The van der Waals surface area contributed by atoms with Gasteiger partial charge in [0.05, 0.1) is 12.2 Å². The molecule has 0 saturated heterocycles. The minimum absolute atomic E-state index is 0.0115. The summed E-state index contributed by atoms with van der Waals surface area (Å²) < 4.78 is 6.41. The Morgan fingerprint density at radius 2 is 1.80 bits per heavy atom. The number of nitrogens with two attached hydrogens (primary N) is 1. The summed E-state index contributed by atoms with van der Waals surface area (Å²) in [6.07, 6.45) is 4.02. The monoisotopic (exact) mass is 275 g/mol. The molecule has 0 spiro atoms. The van der Waals surface area contributed by atoms with E-state index in [-0.39, 0.29) is 12.1 Å². The van der Waals surface area contributed by atoms with Crippen molar-refractivity contribution in [1.82, 2.24) is 0 Å². The molecule has 1 saturated carbocycles. The highest BCUT2D eigenvalue weighted by Crippen LogP contribution is 2.34. The minimum atomic E-state index is 0.0115. The Hall–Kier alpha value is -0.860. The fourth-order valence-corrected chi connectivity index (χ4v) is 3.54. The van der Waals surface area contributed by atoms with Gasteiger partial charge in [0.15, 0.2) is 0 Å². The Balaban J connectivity index is 2.10. The highest BCUT2D eigenvalue weighted by Gasteiger charge is 2.28. The molecular formula is C18H29NO. The zero-order valence-electron chi connectivity index (χ0n) is 13.3. The third-order valence-electron chi connectivity index (χ3n) is 4.32. The molecule has 0 amide bonds. The van der Waals surface area contributed by atoms with Crippen LogP contribution in [0.3, 0.4) is 0 Å². The summed E-state index contributed by atoms with van der Waals surface area (Å²) in [5, 5.41) is 0. The lowest BCUT2D eigenvalue weighted by atomic mass is 9.81. The number of hydrogen-bond acceptors (Lipinski definition) is 2. The number of hydrogen-bond donors (Lipinski definition) is 1. The van der Waals surface area contributed by atoms with E-state index in [1.165, 1.54) is 30.4 Å². The van der Waals surface area contributed by atoms with Gasteiger partial charge >= 0.3 is 0 Å². The Morgan fingerprint density at radius 1 is 1.15 bits per heavy atom. The number of aryl methyl sites for hydroxylation is 1. The molecular weight excluding hydrogens is 246 g/mol. The van der Waals surface area contributed by atoms with Crippen LogP contribution in [0.15, 0.2) is 24.3 Å². The molecule has 0 aliphatic heterocycles. The van der Waals surface area contributed by atoms with Crippen molar-refractivity contribution in [2.24, 2.45) is 17.6 Å². The van der Waals surface area contributed by atoms with E-state index in [1.807, 2.05) is 6.92 Å². The quantitative estimate of drug-likeness (QED) is 0.892. The van der Waals surface area contributed by atoms with Crippen molar-refractivity contribution in [3.8, 4) is 0 Å². The fourth-order valence-electron chi connectivity index (χ4n) is 3.54. The summed E-state index contributed by atoms with van der Waals surface area (Å²) in [5.41, 5.74) is 8.66. The van der Waals surface area contributed by atoms with Gasteiger partial charge in [-0.15, -0.1) is 0 Å². The molecule has 0 bridgehead atoms. The first-order valence-electron chi connectivity index (χ1n) is 7.93. The SMILES string of the molecule is Cc1cccc(C(OC2CC(C)CC(C)C2)C(C)N)c1. The van der Waals surface area contributed by atoms with Gasteiger partial charge < -0.3 is 10.5 Å². The van der Waals surface area contributed by atoms with E-state index in [9.17, 15) is 0 Å². The van der Waals surface area contributed by atoms with Crippen molar-refractivity contribution in [2.45, 2.75) is 65.2 Å². The maximum Gasteiger partial charge on any atom is 0.0976 e. The Kier molecular flexibility index (Phi) is 5.22. The molecule has 1 aromatic carbocycles. The molecule has 1 aliphatic carbocycles. The van der Waals surface area contributed by atoms with Crippen molar-refractivity contribution in [3.05, 3.63) is 35.4 Å². The molecule has 4 atom stereocenters. The predicted octanol–water partition coefficient (Wildman–Crippen LogP) is 4.22. The van der Waals surface area contributed by atoms with E-state index in [0.29, 0.717) is 6.10 Å². The second-order valence-corrected chi connectivity index (χ2v) is 6.87. The highest BCUT2D eigenvalue weighted by atomic mass is 16.5. The predicted molar refractivity (Wildman–Crippen MR) is 84.6 cm³/mol. The molecule has 112 valence electrons. The largest absolute Gasteiger partial charge is 0.369 e. The molecule has 0 aromatic heterocycles. The summed E-state index contributed by atoms with van der Waals surface area (Å²) >= 11 is 0. The summed E-state index contributed by atoms with van der Waals surface area (Å²) in [5.74, 6) is 1.52. The van der Waals surface area contributed by atoms with E-state index >= 15 is 0 Å². The highest BCUT2D eigenvalue weighted by molar-refractivity contribution is 5.25. The molecule has 2 heteroatoms. The second-order valence-electron chi connectivity index (χ2n) is 6.87. The first-order valence-corrected chi connectivity index (χ1v) is 7.93. The zero-order chi connectivity index (χ0) is 14.7. The van der Waals surface area contributed by atoms with Gasteiger partial charge in [0, 0.05) is 6.04 Å². The number of ether oxygens (including phenoxy) is 1. The van der Waals surface area contributed by atoms with Gasteiger partial charge in [0.25, 0.3) is 0 Å².